The molecule has 0 bridgehead atoms. The van der Waals surface area contributed by atoms with Crippen molar-refractivity contribution < 1.29 is 14.3 Å². The predicted molar refractivity (Wildman–Crippen MR) is 93.5 cm³/mol. The van der Waals surface area contributed by atoms with Crippen molar-refractivity contribution in [3.63, 3.8) is 0 Å². The van der Waals surface area contributed by atoms with Gasteiger partial charge in [0.05, 0.1) is 6.61 Å². The zero-order chi connectivity index (χ0) is 16.9. The Kier molecular flexibility index (Phi) is 4.79. The van der Waals surface area contributed by atoms with Gasteiger partial charge in [0.1, 0.15) is 0 Å². The minimum absolute atomic E-state index is 0.0233. The minimum Gasteiger partial charge on any atom is -0.450 e. The fourth-order valence-electron chi connectivity index (χ4n) is 2.88. The Balaban J connectivity index is 1.88. The van der Waals surface area contributed by atoms with Gasteiger partial charge < -0.3 is 9.64 Å². The van der Waals surface area contributed by atoms with Gasteiger partial charge in [0, 0.05) is 23.5 Å². The van der Waals surface area contributed by atoms with E-state index in [1.165, 1.54) is 0 Å². The summed E-state index contributed by atoms with van der Waals surface area (Å²) in [6.07, 6.45) is 1.36. The molecular formula is C19H20N2O3. The SMILES string of the molecule is CCOC(=O)Nc1ccc2c(c1)N(C(=O)c1ccccc1)CCC2. The molecule has 1 aliphatic rings. The zero-order valence-electron chi connectivity index (χ0n) is 13.6. The molecule has 0 aromatic heterocycles. The van der Waals surface area contributed by atoms with Crippen LogP contribution in [0.5, 0.6) is 0 Å². The molecule has 124 valence electrons. The average molecular weight is 324 g/mol. The summed E-state index contributed by atoms with van der Waals surface area (Å²) in [5, 5.41) is 2.69. The highest BCUT2D eigenvalue weighted by atomic mass is 16.5. The number of amides is 2. The molecule has 0 unspecified atom stereocenters. The summed E-state index contributed by atoms with van der Waals surface area (Å²) in [6, 6.07) is 14.9. The van der Waals surface area contributed by atoms with Gasteiger partial charge in [0.25, 0.3) is 5.91 Å². The number of hydrogen-bond acceptors (Lipinski definition) is 3. The van der Waals surface area contributed by atoms with E-state index >= 15 is 0 Å². The maximum atomic E-state index is 12.8. The van der Waals surface area contributed by atoms with Crippen molar-refractivity contribution in [1.82, 2.24) is 0 Å². The largest absolute Gasteiger partial charge is 0.450 e. The number of aryl methyl sites for hydroxylation is 1. The molecule has 1 heterocycles. The first-order chi connectivity index (χ1) is 11.7. The molecule has 0 saturated carbocycles. The van der Waals surface area contributed by atoms with Crippen LogP contribution in [0, 0.1) is 0 Å². The number of carbonyl (C=O) groups is 2. The molecule has 0 atom stereocenters. The number of rotatable bonds is 3. The fourth-order valence-corrected chi connectivity index (χ4v) is 2.88. The summed E-state index contributed by atoms with van der Waals surface area (Å²) < 4.78 is 4.90. The molecule has 3 rings (SSSR count). The van der Waals surface area contributed by atoms with Crippen molar-refractivity contribution in [1.29, 1.82) is 0 Å². The van der Waals surface area contributed by atoms with Crippen LogP contribution in [0.15, 0.2) is 48.5 Å². The molecule has 0 spiro atoms. The number of carbonyl (C=O) groups excluding carboxylic acids is 2. The van der Waals surface area contributed by atoms with Crippen LogP contribution in [0.1, 0.15) is 29.3 Å². The van der Waals surface area contributed by atoms with Gasteiger partial charge in [-0.3, -0.25) is 10.1 Å². The highest BCUT2D eigenvalue weighted by Gasteiger charge is 2.24. The summed E-state index contributed by atoms with van der Waals surface area (Å²) in [5.41, 5.74) is 3.25. The van der Waals surface area contributed by atoms with E-state index in [-0.39, 0.29) is 5.91 Å². The number of hydrogen-bond donors (Lipinski definition) is 1. The summed E-state index contributed by atoms with van der Waals surface area (Å²) in [7, 11) is 0. The molecule has 0 saturated heterocycles. The van der Waals surface area contributed by atoms with Crippen LogP contribution in [-0.2, 0) is 11.2 Å². The van der Waals surface area contributed by atoms with Gasteiger partial charge in [0.15, 0.2) is 0 Å². The highest BCUT2D eigenvalue weighted by molar-refractivity contribution is 6.07. The molecule has 0 aliphatic carbocycles. The molecule has 1 N–H and O–H groups in total. The fraction of sp³-hybridized carbons (Fsp3) is 0.263. The zero-order valence-corrected chi connectivity index (χ0v) is 13.6. The molecule has 2 aromatic carbocycles. The van der Waals surface area contributed by atoms with Crippen LogP contribution in [0.2, 0.25) is 0 Å². The predicted octanol–water partition coefficient (Wildman–Crippen LogP) is 3.85. The van der Waals surface area contributed by atoms with Crippen LogP contribution in [0.4, 0.5) is 16.2 Å². The standard InChI is InChI=1S/C19H20N2O3/c1-2-24-19(23)20-16-11-10-14-9-6-12-21(17(14)13-16)18(22)15-7-4-3-5-8-15/h3-5,7-8,10-11,13H,2,6,9,12H2,1H3,(H,20,23). The van der Waals surface area contributed by atoms with E-state index in [0.29, 0.717) is 24.4 Å². The molecule has 0 fully saturated rings. The molecular weight excluding hydrogens is 304 g/mol. The van der Waals surface area contributed by atoms with Gasteiger partial charge in [-0.2, -0.15) is 0 Å². The van der Waals surface area contributed by atoms with Gasteiger partial charge in [-0.1, -0.05) is 24.3 Å². The topological polar surface area (TPSA) is 58.6 Å². The first kappa shape index (κ1) is 16.1. The lowest BCUT2D eigenvalue weighted by molar-refractivity contribution is 0.0985. The van der Waals surface area contributed by atoms with Gasteiger partial charge in [-0.05, 0) is 49.6 Å². The van der Waals surface area contributed by atoms with Crippen LogP contribution < -0.4 is 10.2 Å². The third-order valence-electron chi connectivity index (χ3n) is 3.99. The van der Waals surface area contributed by atoms with E-state index in [9.17, 15) is 9.59 Å². The average Bonchev–Trinajstić information content (AvgIpc) is 2.61. The van der Waals surface area contributed by atoms with E-state index in [2.05, 4.69) is 5.32 Å². The maximum Gasteiger partial charge on any atom is 0.411 e. The van der Waals surface area contributed by atoms with E-state index < -0.39 is 6.09 Å². The lowest BCUT2D eigenvalue weighted by Crippen LogP contribution is -2.35. The second-order valence-electron chi connectivity index (χ2n) is 5.62. The smallest absolute Gasteiger partial charge is 0.411 e. The molecule has 2 aromatic rings. The lowest BCUT2D eigenvalue weighted by Gasteiger charge is -2.30. The molecule has 5 heteroatoms. The summed E-state index contributed by atoms with van der Waals surface area (Å²) in [5.74, 6) is -0.0233. The monoisotopic (exact) mass is 324 g/mol. The molecule has 24 heavy (non-hydrogen) atoms. The second-order valence-corrected chi connectivity index (χ2v) is 5.62. The Bertz CT molecular complexity index is 744. The maximum absolute atomic E-state index is 12.8. The number of ether oxygens (including phenoxy) is 1. The first-order valence-electron chi connectivity index (χ1n) is 8.12. The summed E-state index contributed by atoms with van der Waals surface area (Å²) >= 11 is 0. The number of nitrogens with one attached hydrogen (secondary N) is 1. The van der Waals surface area contributed by atoms with E-state index in [4.69, 9.17) is 4.74 Å². The van der Waals surface area contributed by atoms with Gasteiger partial charge in [0.2, 0.25) is 0 Å². The van der Waals surface area contributed by atoms with E-state index in [1.54, 1.807) is 11.8 Å². The van der Waals surface area contributed by atoms with Gasteiger partial charge in [-0.15, -0.1) is 0 Å². The van der Waals surface area contributed by atoms with Gasteiger partial charge in [-0.25, -0.2) is 4.79 Å². The number of benzene rings is 2. The Morgan fingerprint density at radius 3 is 2.71 bits per heavy atom. The number of nitrogens with zero attached hydrogens (tertiary/aromatic N) is 1. The van der Waals surface area contributed by atoms with Crippen LogP contribution in [0.3, 0.4) is 0 Å². The van der Waals surface area contributed by atoms with Crippen molar-refractivity contribution in [3.05, 3.63) is 59.7 Å². The van der Waals surface area contributed by atoms with Crippen LogP contribution in [0.25, 0.3) is 0 Å². The Labute approximate surface area is 141 Å². The third-order valence-corrected chi connectivity index (χ3v) is 3.99. The summed E-state index contributed by atoms with van der Waals surface area (Å²) in [6.45, 7) is 2.74. The summed E-state index contributed by atoms with van der Waals surface area (Å²) in [4.78, 5) is 26.2. The Morgan fingerprint density at radius 1 is 1.17 bits per heavy atom. The van der Waals surface area contributed by atoms with Crippen molar-refractivity contribution in [2.45, 2.75) is 19.8 Å². The lowest BCUT2D eigenvalue weighted by atomic mass is 10.00. The van der Waals surface area contributed by atoms with Crippen LogP contribution in [-0.4, -0.2) is 25.2 Å². The van der Waals surface area contributed by atoms with Crippen molar-refractivity contribution in [2.24, 2.45) is 0 Å². The van der Waals surface area contributed by atoms with Crippen molar-refractivity contribution >= 4 is 23.4 Å². The highest BCUT2D eigenvalue weighted by Crippen LogP contribution is 2.31. The van der Waals surface area contributed by atoms with Gasteiger partial charge >= 0.3 is 6.09 Å². The second kappa shape index (κ2) is 7.17. The minimum atomic E-state index is -0.491. The number of anilines is 2. The van der Waals surface area contributed by atoms with Crippen molar-refractivity contribution in [2.75, 3.05) is 23.4 Å². The third kappa shape index (κ3) is 3.40. The molecule has 0 radical (unpaired) electrons. The quantitative estimate of drug-likeness (QED) is 0.933. The van der Waals surface area contributed by atoms with E-state index in [1.807, 2.05) is 48.5 Å². The van der Waals surface area contributed by atoms with Crippen LogP contribution >= 0.6 is 0 Å². The first-order valence-corrected chi connectivity index (χ1v) is 8.12. The Morgan fingerprint density at radius 2 is 1.96 bits per heavy atom. The normalized spacial score (nSPS) is 13.1. The molecule has 1 aliphatic heterocycles. The number of fused-ring (bicyclic) bond motifs is 1. The van der Waals surface area contributed by atoms with E-state index in [0.717, 1.165) is 24.1 Å². The molecule has 5 nitrogen and oxygen atoms in total. The Hall–Kier alpha value is -2.82. The van der Waals surface area contributed by atoms with Crippen molar-refractivity contribution in [3.8, 4) is 0 Å². The molecule has 2 amide bonds.